The van der Waals surface area contributed by atoms with E-state index in [1.807, 2.05) is 73.7 Å². The van der Waals surface area contributed by atoms with Gasteiger partial charge in [0.05, 0.1) is 41.8 Å². The number of aryl methyl sites for hydroxylation is 1. The van der Waals surface area contributed by atoms with E-state index in [0.717, 1.165) is 34.0 Å². The van der Waals surface area contributed by atoms with Crippen LogP contribution in [0.1, 0.15) is 34.3 Å². The summed E-state index contributed by atoms with van der Waals surface area (Å²) < 4.78 is 26.9. The van der Waals surface area contributed by atoms with Gasteiger partial charge < -0.3 is 18.6 Å². The summed E-state index contributed by atoms with van der Waals surface area (Å²) in [5.74, 6) is 3.39. The molecule has 0 radical (unpaired) electrons. The topological polar surface area (TPSA) is 102 Å². The second-order valence-electron chi connectivity index (χ2n) is 8.83. The van der Waals surface area contributed by atoms with E-state index < -0.39 is 0 Å². The fraction of sp³-hybridized carbons (Fsp3) is 0.143. The zero-order chi connectivity index (χ0) is 25.6. The fourth-order valence-corrected chi connectivity index (χ4v) is 4.79. The summed E-state index contributed by atoms with van der Waals surface area (Å²) in [6.45, 7) is 2.15. The van der Waals surface area contributed by atoms with Crippen molar-refractivity contribution in [1.82, 2.24) is 29.4 Å². The van der Waals surface area contributed by atoms with Crippen LogP contribution in [0.4, 0.5) is 0 Å². The number of fused-ring (bicyclic) bond motifs is 4. The Labute approximate surface area is 217 Å². The molecule has 0 N–H and O–H groups in total. The van der Waals surface area contributed by atoms with Crippen molar-refractivity contribution in [2.75, 3.05) is 7.11 Å². The molecular formula is C28H22N6O4. The van der Waals surface area contributed by atoms with E-state index in [2.05, 4.69) is 10.1 Å². The molecule has 0 aliphatic carbocycles. The van der Waals surface area contributed by atoms with Crippen LogP contribution in [0.15, 0.2) is 83.7 Å². The molecule has 4 aromatic heterocycles. The molecule has 188 valence electrons. The van der Waals surface area contributed by atoms with Gasteiger partial charge in [-0.3, -0.25) is 0 Å². The van der Waals surface area contributed by atoms with Crippen LogP contribution in [0.5, 0.6) is 23.3 Å². The molecule has 0 bridgehead atoms. The smallest absolute Gasteiger partial charge is 0.230 e. The third-order valence-corrected chi connectivity index (χ3v) is 6.52. The molecule has 10 nitrogen and oxygen atoms in total. The van der Waals surface area contributed by atoms with Gasteiger partial charge in [0.15, 0.2) is 11.5 Å². The summed E-state index contributed by atoms with van der Waals surface area (Å²) in [7, 11) is 1.63. The van der Waals surface area contributed by atoms with Gasteiger partial charge in [-0.25, -0.2) is 19.2 Å². The zero-order valence-electron chi connectivity index (χ0n) is 20.6. The van der Waals surface area contributed by atoms with E-state index in [0.29, 0.717) is 29.0 Å². The number of aromatic nitrogens is 6. The highest BCUT2D eigenvalue weighted by Crippen LogP contribution is 2.49. The molecule has 7 rings (SSSR count). The van der Waals surface area contributed by atoms with Crippen LogP contribution < -0.4 is 14.2 Å². The number of furan rings is 1. The Morgan fingerprint density at radius 2 is 1.74 bits per heavy atom. The molecule has 0 unspecified atom stereocenters. The van der Waals surface area contributed by atoms with Crippen molar-refractivity contribution < 1.29 is 18.6 Å². The minimum atomic E-state index is -0.336. The average Bonchev–Trinajstić information content (AvgIpc) is 3.71. The number of methoxy groups -OCH3 is 1. The first-order chi connectivity index (χ1) is 18.7. The minimum absolute atomic E-state index is 0.186. The number of para-hydroxylation sites is 1. The van der Waals surface area contributed by atoms with Crippen molar-refractivity contribution in [1.29, 1.82) is 0 Å². The lowest BCUT2D eigenvalue weighted by Gasteiger charge is -2.24. The number of hydrogen-bond acceptors (Lipinski definition) is 8. The van der Waals surface area contributed by atoms with Crippen molar-refractivity contribution in [2.45, 2.75) is 19.4 Å². The second-order valence-corrected chi connectivity index (χ2v) is 8.83. The summed E-state index contributed by atoms with van der Waals surface area (Å²) >= 11 is 0. The third kappa shape index (κ3) is 3.57. The number of hydrogen-bond donors (Lipinski definition) is 0. The van der Waals surface area contributed by atoms with Gasteiger partial charge in [-0.2, -0.15) is 5.10 Å². The molecule has 6 aromatic rings. The quantitative estimate of drug-likeness (QED) is 0.308. The van der Waals surface area contributed by atoms with Crippen LogP contribution in [0, 0.1) is 6.92 Å². The van der Waals surface area contributed by atoms with Crippen molar-refractivity contribution in [3.05, 3.63) is 108 Å². The normalized spacial score (nSPS) is 14.1. The molecule has 2 aromatic carbocycles. The van der Waals surface area contributed by atoms with Crippen LogP contribution >= 0.6 is 0 Å². The summed E-state index contributed by atoms with van der Waals surface area (Å²) in [6.07, 6.45) is 3.25. The van der Waals surface area contributed by atoms with Gasteiger partial charge in [-0.1, -0.05) is 18.2 Å². The summed E-state index contributed by atoms with van der Waals surface area (Å²) in [4.78, 5) is 9.42. The van der Waals surface area contributed by atoms with Gasteiger partial charge in [-0.05, 0) is 55.5 Å². The molecule has 1 aliphatic rings. The van der Waals surface area contributed by atoms with Crippen LogP contribution in [0.25, 0.3) is 11.3 Å². The maximum Gasteiger partial charge on any atom is 0.230 e. The minimum Gasteiger partial charge on any atom is -0.497 e. The number of rotatable bonds is 6. The first kappa shape index (κ1) is 22.1. The molecule has 0 amide bonds. The first-order valence-electron chi connectivity index (χ1n) is 12.1. The molecular weight excluding hydrogens is 484 g/mol. The lowest BCUT2D eigenvalue weighted by Crippen LogP contribution is -2.15. The van der Waals surface area contributed by atoms with Gasteiger partial charge in [0, 0.05) is 0 Å². The van der Waals surface area contributed by atoms with E-state index in [1.165, 1.54) is 0 Å². The van der Waals surface area contributed by atoms with E-state index in [4.69, 9.17) is 28.7 Å². The standard InChI is InChI=1S/C28H22N6O4/c1-17-23-24(21-9-6-14-36-21)25-26-30-22(15-37-20-12-10-19(35-2)11-13-20)32-33(26)16-29-27(25)38-28(23)34(31-17)18-7-4-3-5-8-18/h3-14,16,24H,15H2,1-2H3/t24-/m0/s1. The average molecular weight is 507 g/mol. The summed E-state index contributed by atoms with van der Waals surface area (Å²) in [5.41, 5.74) is 3.97. The van der Waals surface area contributed by atoms with E-state index >= 15 is 0 Å². The van der Waals surface area contributed by atoms with Crippen LogP contribution in [0.3, 0.4) is 0 Å². The number of ether oxygens (including phenoxy) is 3. The molecule has 38 heavy (non-hydrogen) atoms. The second kappa shape index (κ2) is 8.77. The predicted molar refractivity (Wildman–Crippen MR) is 136 cm³/mol. The highest BCUT2D eigenvalue weighted by molar-refractivity contribution is 5.65. The Hall–Kier alpha value is -5.12. The van der Waals surface area contributed by atoms with Crippen LogP contribution in [-0.2, 0) is 6.61 Å². The van der Waals surface area contributed by atoms with Gasteiger partial charge in [-0.15, -0.1) is 5.10 Å². The van der Waals surface area contributed by atoms with E-state index in [-0.39, 0.29) is 12.5 Å². The lowest BCUT2D eigenvalue weighted by molar-refractivity contribution is 0.295. The van der Waals surface area contributed by atoms with Gasteiger partial charge in [0.2, 0.25) is 11.8 Å². The van der Waals surface area contributed by atoms with Gasteiger partial charge in [0.1, 0.15) is 30.2 Å². The Kier molecular flexibility index (Phi) is 5.10. The van der Waals surface area contributed by atoms with Crippen LogP contribution in [-0.4, -0.2) is 36.5 Å². The van der Waals surface area contributed by atoms with Crippen molar-refractivity contribution >= 4 is 5.65 Å². The zero-order valence-corrected chi connectivity index (χ0v) is 20.6. The lowest BCUT2D eigenvalue weighted by atomic mass is 9.88. The molecule has 0 fully saturated rings. The SMILES string of the molecule is COc1ccc(OCc2nc3c4c(ncn3n2)Oc2c(c(C)nn2-c2ccccc2)[C@@H]4c2ccco2)cc1. The van der Waals surface area contributed by atoms with E-state index in [1.54, 1.807) is 28.9 Å². The predicted octanol–water partition coefficient (Wildman–Crippen LogP) is 5.08. The maximum absolute atomic E-state index is 6.40. The van der Waals surface area contributed by atoms with Crippen LogP contribution in [0.2, 0.25) is 0 Å². The van der Waals surface area contributed by atoms with Gasteiger partial charge >= 0.3 is 0 Å². The molecule has 1 aliphatic heterocycles. The summed E-state index contributed by atoms with van der Waals surface area (Å²) in [6, 6.07) is 21.0. The van der Waals surface area contributed by atoms with Crippen molar-refractivity contribution in [3.63, 3.8) is 0 Å². The Morgan fingerprint density at radius 3 is 2.50 bits per heavy atom. The molecule has 1 atom stereocenters. The Morgan fingerprint density at radius 1 is 0.921 bits per heavy atom. The largest absolute Gasteiger partial charge is 0.497 e. The van der Waals surface area contributed by atoms with Gasteiger partial charge in [0.25, 0.3) is 0 Å². The van der Waals surface area contributed by atoms with Crippen molar-refractivity contribution in [2.24, 2.45) is 0 Å². The maximum atomic E-state index is 6.40. The molecule has 0 saturated carbocycles. The first-order valence-corrected chi connectivity index (χ1v) is 12.1. The molecule has 5 heterocycles. The third-order valence-electron chi connectivity index (χ3n) is 6.52. The molecule has 0 spiro atoms. The Bertz CT molecular complexity index is 1740. The Balaban J connectivity index is 1.32. The van der Waals surface area contributed by atoms with Crippen molar-refractivity contribution in [3.8, 4) is 28.9 Å². The summed E-state index contributed by atoms with van der Waals surface area (Å²) in [5, 5.41) is 9.42. The molecule has 0 saturated heterocycles. The van der Waals surface area contributed by atoms with E-state index in [9.17, 15) is 0 Å². The monoisotopic (exact) mass is 506 g/mol. The number of nitrogens with zero attached hydrogens (tertiary/aromatic N) is 6. The highest BCUT2D eigenvalue weighted by Gasteiger charge is 2.39. The number of benzene rings is 2. The fourth-order valence-electron chi connectivity index (χ4n) is 4.79. The highest BCUT2D eigenvalue weighted by atomic mass is 16.5. The molecule has 10 heteroatoms.